The molecule has 0 unspecified atom stereocenters. The molecular weight excluding hydrogens is 385 g/mol. The molecule has 2 aromatic heterocycles. The van der Waals surface area contributed by atoms with Crippen LogP contribution in [0.25, 0.3) is 6.08 Å². The smallest absolute Gasteiger partial charge is 0.248 e. The minimum atomic E-state index is -0.223. The van der Waals surface area contributed by atoms with Gasteiger partial charge in [-0.3, -0.25) is 14.2 Å². The van der Waals surface area contributed by atoms with Crippen molar-refractivity contribution in [2.24, 2.45) is 7.05 Å². The molecule has 0 bridgehead atoms. The largest absolute Gasteiger partial charge is 0.319 e. The lowest BCUT2D eigenvalue weighted by Gasteiger charge is -2.07. The summed E-state index contributed by atoms with van der Waals surface area (Å²) in [5.74, 6) is -0.223. The van der Waals surface area contributed by atoms with Crippen LogP contribution in [0.15, 0.2) is 36.7 Å². The molecule has 27 heavy (non-hydrogen) atoms. The van der Waals surface area contributed by atoms with Crippen LogP contribution in [0.4, 0.5) is 5.69 Å². The predicted molar refractivity (Wildman–Crippen MR) is 108 cm³/mol. The summed E-state index contributed by atoms with van der Waals surface area (Å²) >= 11 is 12.0. The van der Waals surface area contributed by atoms with E-state index in [1.165, 1.54) is 6.08 Å². The van der Waals surface area contributed by atoms with E-state index in [4.69, 9.17) is 23.2 Å². The Morgan fingerprint density at radius 2 is 2.04 bits per heavy atom. The second-order valence-corrected chi connectivity index (χ2v) is 7.04. The van der Waals surface area contributed by atoms with Crippen LogP contribution >= 0.6 is 23.2 Å². The van der Waals surface area contributed by atoms with Crippen molar-refractivity contribution < 1.29 is 4.79 Å². The minimum Gasteiger partial charge on any atom is -0.319 e. The van der Waals surface area contributed by atoms with Crippen LogP contribution in [0.2, 0.25) is 10.0 Å². The van der Waals surface area contributed by atoms with Gasteiger partial charge in [-0.15, -0.1) is 0 Å². The van der Waals surface area contributed by atoms with Gasteiger partial charge in [-0.05, 0) is 37.6 Å². The second kappa shape index (κ2) is 7.98. The van der Waals surface area contributed by atoms with Crippen LogP contribution in [0, 0.1) is 13.8 Å². The van der Waals surface area contributed by atoms with Crippen molar-refractivity contribution in [1.29, 1.82) is 0 Å². The van der Waals surface area contributed by atoms with Crippen molar-refractivity contribution in [2.45, 2.75) is 20.4 Å². The molecular formula is C19H19Cl2N5O. The Morgan fingerprint density at radius 1 is 1.26 bits per heavy atom. The van der Waals surface area contributed by atoms with Crippen LogP contribution in [-0.4, -0.2) is 25.5 Å². The number of benzene rings is 1. The molecule has 0 saturated carbocycles. The number of amides is 1. The molecule has 140 valence electrons. The molecule has 8 heteroatoms. The molecule has 3 aromatic rings. The Labute approximate surface area is 167 Å². The number of hydrogen-bond acceptors (Lipinski definition) is 3. The Kier molecular flexibility index (Phi) is 5.68. The minimum absolute atomic E-state index is 0.223. The summed E-state index contributed by atoms with van der Waals surface area (Å²) in [6.07, 6.45) is 6.71. The fraction of sp³-hybridized carbons (Fsp3) is 0.211. The fourth-order valence-electron chi connectivity index (χ4n) is 2.71. The van der Waals surface area contributed by atoms with E-state index in [0.29, 0.717) is 22.3 Å². The Hall–Kier alpha value is -2.57. The van der Waals surface area contributed by atoms with Gasteiger partial charge in [0.05, 0.1) is 39.9 Å². The van der Waals surface area contributed by atoms with E-state index in [0.717, 1.165) is 22.5 Å². The zero-order valence-electron chi connectivity index (χ0n) is 15.2. The Morgan fingerprint density at radius 3 is 2.70 bits per heavy atom. The third-order valence-electron chi connectivity index (χ3n) is 4.10. The number of halogens is 2. The molecule has 6 nitrogen and oxygen atoms in total. The maximum absolute atomic E-state index is 12.3. The summed E-state index contributed by atoms with van der Waals surface area (Å²) in [6.45, 7) is 4.31. The maximum Gasteiger partial charge on any atom is 0.248 e. The molecule has 0 spiro atoms. The average Bonchev–Trinajstić information content (AvgIpc) is 3.15. The van der Waals surface area contributed by atoms with Gasteiger partial charge in [0.1, 0.15) is 0 Å². The maximum atomic E-state index is 12.3. The number of carbonyl (C=O) groups excluding carboxylic acids is 1. The summed E-state index contributed by atoms with van der Waals surface area (Å²) in [5.41, 5.74) is 4.15. The van der Waals surface area contributed by atoms with Gasteiger partial charge in [-0.2, -0.15) is 10.2 Å². The molecule has 0 radical (unpaired) electrons. The summed E-state index contributed by atoms with van der Waals surface area (Å²) in [6, 6.07) is 5.48. The number of rotatable bonds is 5. The van der Waals surface area contributed by atoms with Crippen molar-refractivity contribution in [2.75, 3.05) is 5.32 Å². The van der Waals surface area contributed by atoms with Crippen LogP contribution in [0.5, 0.6) is 0 Å². The number of carbonyl (C=O) groups is 1. The highest BCUT2D eigenvalue weighted by molar-refractivity contribution is 6.42. The van der Waals surface area contributed by atoms with Gasteiger partial charge < -0.3 is 5.32 Å². The van der Waals surface area contributed by atoms with E-state index in [9.17, 15) is 4.79 Å². The molecule has 3 rings (SSSR count). The molecule has 0 saturated heterocycles. The van der Waals surface area contributed by atoms with Crippen molar-refractivity contribution in [3.8, 4) is 0 Å². The SMILES string of the molecule is Cc1nn(Cc2ccc(Cl)c(Cl)c2)c(C)c1NC(=O)/C=C/c1cnn(C)c1. The van der Waals surface area contributed by atoms with E-state index in [2.05, 4.69) is 15.5 Å². The van der Waals surface area contributed by atoms with Gasteiger partial charge in [0.25, 0.3) is 0 Å². The van der Waals surface area contributed by atoms with Gasteiger partial charge in [-0.1, -0.05) is 29.3 Å². The van der Waals surface area contributed by atoms with Crippen LogP contribution in [-0.2, 0) is 18.4 Å². The topological polar surface area (TPSA) is 64.7 Å². The summed E-state index contributed by atoms with van der Waals surface area (Å²) in [4.78, 5) is 12.3. The molecule has 1 aromatic carbocycles. The number of anilines is 1. The summed E-state index contributed by atoms with van der Waals surface area (Å²) in [7, 11) is 1.83. The lowest BCUT2D eigenvalue weighted by molar-refractivity contribution is -0.111. The monoisotopic (exact) mass is 403 g/mol. The van der Waals surface area contributed by atoms with Crippen molar-refractivity contribution >= 4 is 40.9 Å². The first-order chi connectivity index (χ1) is 12.8. The summed E-state index contributed by atoms with van der Waals surface area (Å²) in [5, 5.41) is 12.5. The Balaban J connectivity index is 1.74. The number of nitrogens with zero attached hydrogens (tertiary/aromatic N) is 4. The number of aromatic nitrogens is 4. The molecule has 0 atom stereocenters. The van der Waals surface area contributed by atoms with Crippen molar-refractivity contribution in [3.63, 3.8) is 0 Å². The first kappa shape index (κ1) is 19.2. The number of hydrogen-bond donors (Lipinski definition) is 1. The van der Waals surface area contributed by atoms with Gasteiger partial charge >= 0.3 is 0 Å². The zero-order valence-corrected chi connectivity index (χ0v) is 16.7. The second-order valence-electron chi connectivity index (χ2n) is 6.22. The quantitative estimate of drug-likeness (QED) is 0.647. The third-order valence-corrected chi connectivity index (χ3v) is 4.84. The predicted octanol–water partition coefficient (Wildman–Crippen LogP) is 4.24. The zero-order chi connectivity index (χ0) is 19.6. The molecule has 0 aliphatic heterocycles. The number of nitrogens with one attached hydrogen (secondary N) is 1. The summed E-state index contributed by atoms with van der Waals surface area (Å²) < 4.78 is 3.51. The molecule has 2 heterocycles. The Bertz CT molecular complexity index is 1020. The van der Waals surface area contributed by atoms with Gasteiger partial charge in [0.2, 0.25) is 5.91 Å². The number of aryl methyl sites for hydroxylation is 2. The third kappa shape index (κ3) is 4.59. The van der Waals surface area contributed by atoms with Crippen LogP contribution in [0.3, 0.4) is 0 Å². The van der Waals surface area contributed by atoms with E-state index in [1.54, 1.807) is 23.0 Å². The van der Waals surface area contributed by atoms with Gasteiger partial charge in [0, 0.05) is 24.9 Å². The average molecular weight is 404 g/mol. The lowest BCUT2D eigenvalue weighted by atomic mass is 10.2. The molecule has 1 amide bonds. The van der Waals surface area contributed by atoms with Gasteiger partial charge in [-0.25, -0.2) is 0 Å². The highest BCUT2D eigenvalue weighted by Crippen LogP contribution is 2.25. The standard InChI is InChI=1S/C19H19Cl2N5O/c1-12-19(23-18(27)7-5-15-9-22-25(3)10-15)13(2)26(24-12)11-14-4-6-16(20)17(21)8-14/h4-10H,11H2,1-3H3,(H,23,27)/b7-5+. The van der Waals surface area contributed by atoms with Crippen molar-refractivity contribution in [3.05, 3.63) is 69.2 Å². The first-order valence-corrected chi connectivity index (χ1v) is 9.04. The van der Waals surface area contributed by atoms with E-state index in [1.807, 2.05) is 43.9 Å². The molecule has 1 N–H and O–H groups in total. The highest BCUT2D eigenvalue weighted by Gasteiger charge is 2.14. The first-order valence-electron chi connectivity index (χ1n) is 8.29. The molecule has 0 aliphatic rings. The van der Waals surface area contributed by atoms with E-state index >= 15 is 0 Å². The van der Waals surface area contributed by atoms with Crippen molar-refractivity contribution in [1.82, 2.24) is 19.6 Å². The van der Waals surface area contributed by atoms with E-state index in [-0.39, 0.29) is 5.91 Å². The van der Waals surface area contributed by atoms with Crippen LogP contribution in [0.1, 0.15) is 22.5 Å². The molecule has 0 fully saturated rings. The lowest BCUT2D eigenvalue weighted by Crippen LogP contribution is -2.10. The van der Waals surface area contributed by atoms with Crippen LogP contribution < -0.4 is 5.32 Å². The van der Waals surface area contributed by atoms with E-state index < -0.39 is 0 Å². The normalized spacial score (nSPS) is 11.3. The fourth-order valence-corrected chi connectivity index (χ4v) is 3.03. The highest BCUT2D eigenvalue weighted by atomic mass is 35.5. The van der Waals surface area contributed by atoms with Gasteiger partial charge in [0.15, 0.2) is 0 Å². The molecule has 0 aliphatic carbocycles.